The number of fused-ring (bicyclic) bond motifs is 3. The van der Waals surface area contributed by atoms with Crippen LogP contribution in [0.15, 0.2) is 36.7 Å². The van der Waals surface area contributed by atoms with Crippen LogP contribution >= 0.6 is 0 Å². The highest BCUT2D eigenvalue weighted by molar-refractivity contribution is 5.78. The summed E-state index contributed by atoms with van der Waals surface area (Å²) < 4.78 is 39.4. The van der Waals surface area contributed by atoms with Crippen LogP contribution in [0.25, 0.3) is 16.6 Å². The number of imidazole rings is 1. The van der Waals surface area contributed by atoms with Gasteiger partial charge in [0.2, 0.25) is 5.82 Å². The van der Waals surface area contributed by atoms with Crippen molar-refractivity contribution < 1.29 is 13.2 Å². The van der Waals surface area contributed by atoms with Gasteiger partial charge in [-0.1, -0.05) is 12.1 Å². The maximum Gasteiger partial charge on any atom is 0.450 e. The van der Waals surface area contributed by atoms with Gasteiger partial charge in [0.1, 0.15) is 0 Å². The average Bonchev–Trinajstić information content (AvgIpc) is 2.72. The van der Waals surface area contributed by atoms with Crippen molar-refractivity contribution >= 4 is 16.6 Å². The van der Waals surface area contributed by atoms with Crippen LogP contribution in [0.1, 0.15) is 5.82 Å². The molecule has 0 amide bonds. The van der Waals surface area contributed by atoms with E-state index < -0.39 is 12.0 Å². The molecule has 0 saturated heterocycles. The van der Waals surface area contributed by atoms with Gasteiger partial charge in [-0.25, -0.2) is 4.98 Å². The SMILES string of the molecule is FC(F)(F)c1ncc2cnc3ccccc3n12. The second-order valence-electron chi connectivity index (χ2n) is 3.59. The molecule has 2 heterocycles. The monoisotopic (exact) mass is 237 g/mol. The van der Waals surface area contributed by atoms with E-state index in [0.717, 1.165) is 4.40 Å². The lowest BCUT2D eigenvalue weighted by molar-refractivity contribution is -0.145. The van der Waals surface area contributed by atoms with Gasteiger partial charge in [0, 0.05) is 0 Å². The first-order valence-electron chi connectivity index (χ1n) is 4.86. The third-order valence-electron chi connectivity index (χ3n) is 2.50. The van der Waals surface area contributed by atoms with E-state index in [1.807, 2.05) is 0 Å². The van der Waals surface area contributed by atoms with Gasteiger partial charge in [0.15, 0.2) is 0 Å². The van der Waals surface area contributed by atoms with Gasteiger partial charge in [0.05, 0.1) is 28.9 Å². The third kappa shape index (κ3) is 1.44. The van der Waals surface area contributed by atoms with Crippen LogP contribution in [-0.2, 0) is 6.18 Å². The van der Waals surface area contributed by atoms with E-state index >= 15 is 0 Å². The molecule has 0 aliphatic rings. The van der Waals surface area contributed by atoms with Gasteiger partial charge in [0.25, 0.3) is 0 Å². The number of aromatic nitrogens is 3. The summed E-state index contributed by atoms with van der Waals surface area (Å²) in [5, 5.41) is 0. The topological polar surface area (TPSA) is 30.2 Å². The number of benzene rings is 1. The quantitative estimate of drug-likeness (QED) is 0.601. The molecule has 0 radical (unpaired) electrons. The van der Waals surface area contributed by atoms with Crippen molar-refractivity contribution in [3.8, 4) is 0 Å². The zero-order chi connectivity index (χ0) is 12.0. The Kier molecular flexibility index (Phi) is 1.89. The van der Waals surface area contributed by atoms with Gasteiger partial charge in [-0.05, 0) is 12.1 Å². The summed E-state index contributed by atoms with van der Waals surface area (Å²) in [5.41, 5.74) is 1.23. The fourth-order valence-electron chi connectivity index (χ4n) is 1.81. The van der Waals surface area contributed by atoms with Crippen LogP contribution in [0.5, 0.6) is 0 Å². The number of halogens is 3. The summed E-state index contributed by atoms with van der Waals surface area (Å²) in [6, 6.07) is 6.65. The average molecular weight is 237 g/mol. The molecule has 3 rings (SSSR count). The Balaban J connectivity index is 2.51. The van der Waals surface area contributed by atoms with Gasteiger partial charge >= 0.3 is 6.18 Å². The van der Waals surface area contributed by atoms with E-state index in [1.165, 1.54) is 12.4 Å². The molecule has 0 N–H and O–H groups in total. The van der Waals surface area contributed by atoms with Crippen molar-refractivity contribution in [2.45, 2.75) is 6.18 Å². The van der Waals surface area contributed by atoms with E-state index in [1.54, 1.807) is 24.3 Å². The Hall–Kier alpha value is -2.11. The molecule has 3 aromatic rings. The molecular weight excluding hydrogens is 231 g/mol. The predicted molar refractivity (Wildman–Crippen MR) is 55.5 cm³/mol. The van der Waals surface area contributed by atoms with E-state index in [-0.39, 0.29) is 0 Å². The largest absolute Gasteiger partial charge is 0.450 e. The molecule has 0 bridgehead atoms. The van der Waals surface area contributed by atoms with Crippen molar-refractivity contribution in [1.29, 1.82) is 0 Å². The van der Waals surface area contributed by atoms with Crippen LogP contribution in [0, 0.1) is 0 Å². The summed E-state index contributed by atoms with van der Waals surface area (Å²) in [4.78, 5) is 7.49. The van der Waals surface area contributed by atoms with Gasteiger partial charge in [-0.3, -0.25) is 9.38 Å². The smallest absolute Gasteiger partial charge is 0.286 e. The Morgan fingerprint density at radius 1 is 1.00 bits per heavy atom. The van der Waals surface area contributed by atoms with Crippen molar-refractivity contribution in [1.82, 2.24) is 14.4 Å². The molecule has 0 spiro atoms. The molecule has 0 fully saturated rings. The molecule has 0 aliphatic carbocycles. The summed E-state index contributed by atoms with van der Waals surface area (Å²) in [7, 11) is 0. The first-order valence-corrected chi connectivity index (χ1v) is 4.86. The highest BCUT2D eigenvalue weighted by Crippen LogP contribution is 2.30. The molecule has 3 nitrogen and oxygen atoms in total. The molecule has 0 aliphatic heterocycles. The minimum Gasteiger partial charge on any atom is -0.286 e. The molecule has 0 atom stereocenters. The lowest BCUT2D eigenvalue weighted by Gasteiger charge is -2.07. The lowest BCUT2D eigenvalue weighted by Crippen LogP contribution is -2.11. The summed E-state index contributed by atoms with van der Waals surface area (Å²) in [6.07, 6.45) is -1.93. The zero-order valence-electron chi connectivity index (χ0n) is 8.44. The highest BCUT2D eigenvalue weighted by atomic mass is 19.4. The molecule has 1 aromatic carbocycles. The first kappa shape index (κ1) is 10.1. The number of hydrogen-bond acceptors (Lipinski definition) is 2. The van der Waals surface area contributed by atoms with Crippen LogP contribution in [0.3, 0.4) is 0 Å². The van der Waals surface area contributed by atoms with Crippen LogP contribution in [0.4, 0.5) is 13.2 Å². The van der Waals surface area contributed by atoms with E-state index in [2.05, 4.69) is 9.97 Å². The second-order valence-corrected chi connectivity index (χ2v) is 3.59. The van der Waals surface area contributed by atoms with Gasteiger partial charge < -0.3 is 0 Å². The standard InChI is InChI=1S/C11H6F3N3/c12-11(13,14)10-16-6-7-5-15-8-3-1-2-4-9(8)17(7)10/h1-6H. The van der Waals surface area contributed by atoms with Crippen LogP contribution in [0.2, 0.25) is 0 Å². The predicted octanol–water partition coefficient (Wildman–Crippen LogP) is 2.90. The van der Waals surface area contributed by atoms with Gasteiger partial charge in [-0.2, -0.15) is 13.2 Å². The Bertz CT molecular complexity index is 700. The first-order chi connectivity index (χ1) is 8.07. The number of alkyl halides is 3. The molecule has 86 valence electrons. The van der Waals surface area contributed by atoms with Crippen molar-refractivity contribution in [3.63, 3.8) is 0 Å². The molecule has 0 unspecified atom stereocenters. The Morgan fingerprint density at radius 3 is 2.47 bits per heavy atom. The maximum atomic E-state index is 12.8. The van der Waals surface area contributed by atoms with Crippen molar-refractivity contribution in [2.24, 2.45) is 0 Å². The maximum absolute atomic E-state index is 12.8. The number of hydrogen-bond donors (Lipinski definition) is 0. The van der Waals surface area contributed by atoms with E-state index in [4.69, 9.17) is 0 Å². The minimum atomic E-state index is -4.48. The summed E-state index contributed by atoms with van der Waals surface area (Å²) in [5.74, 6) is -0.925. The van der Waals surface area contributed by atoms with E-state index in [0.29, 0.717) is 16.6 Å². The van der Waals surface area contributed by atoms with Crippen molar-refractivity contribution in [2.75, 3.05) is 0 Å². The number of para-hydroxylation sites is 2. The fraction of sp³-hybridized carbons (Fsp3) is 0.0909. The number of rotatable bonds is 0. The minimum absolute atomic E-state index is 0.330. The second kappa shape index (κ2) is 3.19. The molecular formula is C11H6F3N3. The Labute approximate surface area is 93.5 Å². The summed E-state index contributed by atoms with van der Waals surface area (Å²) >= 11 is 0. The third-order valence-corrected chi connectivity index (χ3v) is 2.50. The van der Waals surface area contributed by atoms with Crippen LogP contribution in [-0.4, -0.2) is 14.4 Å². The molecule has 0 saturated carbocycles. The molecule has 6 heteroatoms. The normalized spacial score (nSPS) is 12.4. The molecule has 2 aromatic heterocycles. The summed E-state index contributed by atoms with van der Waals surface area (Å²) in [6.45, 7) is 0. The highest BCUT2D eigenvalue weighted by Gasteiger charge is 2.36. The Morgan fingerprint density at radius 2 is 1.71 bits per heavy atom. The zero-order valence-corrected chi connectivity index (χ0v) is 8.44. The fourth-order valence-corrected chi connectivity index (χ4v) is 1.81. The molecule has 17 heavy (non-hydrogen) atoms. The van der Waals surface area contributed by atoms with Crippen molar-refractivity contribution in [3.05, 3.63) is 42.5 Å². The number of nitrogens with zero attached hydrogens (tertiary/aromatic N) is 3. The van der Waals surface area contributed by atoms with Crippen LogP contribution < -0.4 is 0 Å². The van der Waals surface area contributed by atoms with E-state index in [9.17, 15) is 13.2 Å². The van der Waals surface area contributed by atoms with Gasteiger partial charge in [-0.15, -0.1) is 0 Å². The lowest BCUT2D eigenvalue weighted by atomic mass is 10.3.